The number of hydrogen-bond acceptors (Lipinski definition) is 6. The van der Waals surface area contributed by atoms with Crippen LogP contribution in [-0.4, -0.2) is 25.6 Å². The van der Waals surface area contributed by atoms with Gasteiger partial charge in [0.1, 0.15) is 0 Å². The van der Waals surface area contributed by atoms with Crippen LogP contribution in [0.5, 0.6) is 5.75 Å². The second-order valence-corrected chi connectivity index (χ2v) is 6.50. The van der Waals surface area contributed by atoms with Gasteiger partial charge in [-0.2, -0.15) is 8.42 Å². The van der Waals surface area contributed by atoms with Gasteiger partial charge in [0.05, 0.1) is 11.8 Å². The quantitative estimate of drug-likeness (QED) is 0.873. The second-order valence-electron chi connectivity index (χ2n) is 4.03. The first-order valence-corrected chi connectivity index (χ1v) is 8.26. The summed E-state index contributed by atoms with van der Waals surface area (Å²) >= 11 is 1.27. The highest BCUT2D eigenvalue weighted by Gasteiger charge is 2.18. The Hall–Kier alpha value is -1.93. The van der Waals surface area contributed by atoms with E-state index in [4.69, 9.17) is 4.18 Å². The van der Waals surface area contributed by atoms with Crippen LogP contribution in [0.2, 0.25) is 0 Å². The molecule has 0 aliphatic carbocycles. The molecule has 0 aliphatic rings. The summed E-state index contributed by atoms with van der Waals surface area (Å²) in [6.45, 7) is 1.67. The molecule has 8 heteroatoms. The Morgan fingerprint density at radius 3 is 2.75 bits per heavy atom. The van der Waals surface area contributed by atoms with Gasteiger partial charge >= 0.3 is 10.1 Å². The van der Waals surface area contributed by atoms with Gasteiger partial charge in [0, 0.05) is 11.6 Å². The number of nitrogens with one attached hydrogen (secondary N) is 1. The van der Waals surface area contributed by atoms with Crippen molar-refractivity contribution < 1.29 is 17.4 Å². The zero-order chi connectivity index (χ0) is 14.8. The molecular weight excluding hydrogens is 300 g/mol. The van der Waals surface area contributed by atoms with Crippen molar-refractivity contribution in [3.63, 3.8) is 0 Å². The maximum absolute atomic E-state index is 12.2. The highest BCUT2D eigenvalue weighted by Crippen LogP contribution is 2.26. The molecular formula is C12H12N2O4S2. The Kier molecular flexibility index (Phi) is 4.05. The molecule has 0 bridgehead atoms. The lowest BCUT2D eigenvalue weighted by atomic mass is 10.1. The van der Waals surface area contributed by atoms with Gasteiger partial charge in [-0.3, -0.25) is 10.1 Å². The topological polar surface area (TPSA) is 85.4 Å². The van der Waals surface area contributed by atoms with Gasteiger partial charge in [0.25, 0.3) is 5.91 Å². The predicted octanol–water partition coefficient (Wildman–Crippen LogP) is 2.04. The minimum Gasteiger partial charge on any atom is -0.381 e. The first-order chi connectivity index (χ1) is 9.37. The predicted molar refractivity (Wildman–Crippen MR) is 76.7 cm³/mol. The van der Waals surface area contributed by atoms with Crippen LogP contribution in [-0.2, 0) is 10.1 Å². The van der Waals surface area contributed by atoms with E-state index in [0.717, 1.165) is 6.26 Å². The number of carbonyl (C=O) groups excluding carboxylic acids is 1. The summed E-state index contributed by atoms with van der Waals surface area (Å²) in [7, 11) is -3.71. The first-order valence-electron chi connectivity index (χ1n) is 5.57. The number of benzene rings is 1. The lowest BCUT2D eigenvalue weighted by Crippen LogP contribution is -2.16. The molecule has 0 atom stereocenters. The number of amides is 1. The van der Waals surface area contributed by atoms with Gasteiger partial charge in [0.2, 0.25) is 0 Å². The Morgan fingerprint density at radius 1 is 1.40 bits per heavy atom. The maximum Gasteiger partial charge on any atom is 0.306 e. The van der Waals surface area contributed by atoms with Crippen LogP contribution in [0.25, 0.3) is 0 Å². The van der Waals surface area contributed by atoms with Crippen LogP contribution < -0.4 is 9.50 Å². The van der Waals surface area contributed by atoms with E-state index >= 15 is 0 Å². The lowest BCUT2D eigenvalue weighted by molar-refractivity contribution is 0.102. The summed E-state index contributed by atoms with van der Waals surface area (Å²) in [6, 6.07) is 4.82. The van der Waals surface area contributed by atoms with Crippen molar-refractivity contribution >= 4 is 32.5 Å². The smallest absolute Gasteiger partial charge is 0.306 e. The van der Waals surface area contributed by atoms with Gasteiger partial charge in [0.15, 0.2) is 10.9 Å². The molecule has 1 N–H and O–H groups in total. The van der Waals surface area contributed by atoms with Gasteiger partial charge in [-0.25, -0.2) is 4.98 Å². The van der Waals surface area contributed by atoms with Crippen LogP contribution in [0.15, 0.2) is 29.8 Å². The number of aryl methyl sites for hydroxylation is 1. The van der Waals surface area contributed by atoms with E-state index in [1.54, 1.807) is 30.6 Å². The molecule has 20 heavy (non-hydrogen) atoms. The lowest BCUT2D eigenvalue weighted by Gasteiger charge is -2.11. The van der Waals surface area contributed by atoms with Crippen molar-refractivity contribution in [3.8, 4) is 5.75 Å². The number of hydrogen-bond donors (Lipinski definition) is 1. The Labute approximate surface area is 120 Å². The minimum atomic E-state index is -3.71. The van der Waals surface area contributed by atoms with Crippen molar-refractivity contribution in [3.05, 3.63) is 40.9 Å². The van der Waals surface area contributed by atoms with E-state index in [1.807, 2.05) is 0 Å². The molecule has 0 spiro atoms. The Balaban J connectivity index is 2.36. The Bertz CT molecular complexity index is 724. The van der Waals surface area contributed by atoms with Gasteiger partial charge < -0.3 is 4.18 Å². The largest absolute Gasteiger partial charge is 0.381 e. The van der Waals surface area contributed by atoms with E-state index in [0.29, 0.717) is 10.7 Å². The van der Waals surface area contributed by atoms with Crippen LogP contribution in [0, 0.1) is 6.92 Å². The first kappa shape index (κ1) is 14.5. The molecule has 1 aromatic heterocycles. The second kappa shape index (κ2) is 5.59. The number of aromatic nitrogens is 1. The zero-order valence-corrected chi connectivity index (χ0v) is 12.4. The third kappa shape index (κ3) is 3.55. The third-order valence-corrected chi connectivity index (χ3v) is 3.50. The number of para-hydroxylation sites is 1. The van der Waals surface area contributed by atoms with Crippen molar-refractivity contribution in [2.45, 2.75) is 6.92 Å². The Morgan fingerprint density at radius 2 is 2.15 bits per heavy atom. The summed E-state index contributed by atoms with van der Waals surface area (Å²) in [5.74, 6) is -0.439. The highest BCUT2D eigenvalue weighted by atomic mass is 32.2. The molecule has 0 saturated carbocycles. The van der Waals surface area contributed by atoms with E-state index in [-0.39, 0.29) is 11.3 Å². The molecule has 0 unspecified atom stereocenters. The van der Waals surface area contributed by atoms with E-state index in [1.165, 1.54) is 17.4 Å². The minimum absolute atomic E-state index is 0.0315. The van der Waals surface area contributed by atoms with E-state index in [9.17, 15) is 13.2 Å². The average molecular weight is 312 g/mol. The van der Waals surface area contributed by atoms with Crippen molar-refractivity contribution in [1.29, 1.82) is 0 Å². The fraction of sp³-hybridized carbons (Fsp3) is 0.167. The number of nitrogens with zero attached hydrogens (tertiary/aromatic N) is 1. The third-order valence-electron chi connectivity index (χ3n) is 2.34. The SMILES string of the molecule is Cc1cccc(C(=O)Nc2nccs2)c1OS(C)(=O)=O. The fourth-order valence-corrected chi connectivity index (χ4v) is 2.59. The number of anilines is 1. The molecule has 1 heterocycles. The summed E-state index contributed by atoms with van der Waals surface area (Å²) in [6.07, 6.45) is 2.49. The molecule has 2 rings (SSSR count). The zero-order valence-electron chi connectivity index (χ0n) is 10.8. The molecule has 0 aliphatic heterocycles. The number of rotatable bonds is 4. The van der Waals surface area contributed by atoms with E-state index in [2.05, 4.69) is 10.3 Å². The van der Waals surface area contributed by atoms with Gasteiger partial charge in [-0.15, -0.1) is 11.3 Å². The van der Waals surface area contributed by atoms with E-state index < -0.39 is 16.0 Å². The monoisotopic (exact) mass is 312 g/mol. The molecule has 1 amide bonds. The molecule has 0 fully saturated rings. The molecule has 2 aromatic rings. The average Bonchev–Trinajstić information content (AvgIpc) is 2.82. The van der Waals surface area contributed by atoms with Crippen LogP contribution in [0.1, 0.15) is 15.9 Å². The van der Waals surface area contributed by atoms with Crippen LogP contribution >= 0.6 is 11.3 Å². The molecule has 6 nitrogen and oxygen atoms in total. The summed E-state index contributed by atoms with van der Waals surface area (Å²) in [5.41, 5.74) is 0.702. The van der Waals surface area contributed by atoms with Gasteiger partial charge in [-0.05, 0) is 18.6 Å². The normalized spacial score (nSPS) is 11.1. The number of carbonyl (C=O) groups is 1. The van der Waals surface area contributed by atoms with Crippen molar-refractivity contribution in [2.24, 2.45) is 0 Å². The van der Waals surface area contributed by atoms with Gasteiger partial charge in [-0.1, -0.05) is 12.1 Å². The summed E-state index contributed by atoms with van der Waals surface area (Å²) < 4.78 is 27.5. The summed E-state index contributed by atoms with van der Waals surface area (Å²) in [4.78, 5) is 16.1. The maximum atomic E-state index is 12.2. The van der Waals surface area contributed by atoms with Crippen LogP contribution in [0.4, 0.5) is 5.13 Å². The molecule has 1 aromatic carbocycles. The van der Waals surface area contributed by atoms with Crippen molar-refractivity contribution in [2.75, 3.05) is 11.6 Å². The molecule has 0 radical (unpaired) electrons. The van der Waals surface area contributed by atoms with Crippen molar-refractivity contribution in [1.82, 2.24) is 4.98 Å². The number of thiazole rings is 1. The fourth-order valence-electron chi connectivity index (χ4n) is 1.54. The molecule has 106 valence electrons. The van der Waals surface area contributed by atoms with Crippen LogP contribution in [0.3, 0.4) is 0 Å². The molecule has 0 saturated heterocycles. The highest BCUT2D eigenvalue weighted by molar-refractivity contribution is 7.86. The summed E-state index contributed by atoms with van der Waals surface area (Å²) in [5, 5.41) is 4.74. The standard InChI is InChI=1S/C12H12N2O4S2/c1-8-4-3-5-9(10(8)18-20(2,16)17)11(15)14-12-13-6-7-19-12/h3-7H,1-2H3,(H,13,14,15).